The number of alkyl halides is 1. The summed E-state index contributed by atoms with van der Waals surface area (Å²) in [7, 11) is 1.95. The molecule has 0 saturated heterocycles. The molecule has 2 nitrogen and oxygen atoms in total. The topological polar surface area (TPSA) is 27.0 Å². The van der Waals surface area contributed by atoms with Crippen molar-refractivity contribution in [1.82, 2.24) is 0 Å². The lowest BCUT2D eigenvalue weighted by Gasteiger charge is -2.22. The molecular formula is C15H12Cl2N2. The first-order chi connectivity index (χ1) is 9.15. The van der Waals surface area contributed by atoms with E-state index in [2.05, 4.69) is 6.07 Å². The van der Waals surface area contributed by atoms with Crippen molar-refractivity contribution in [2.45, 2.75) is 5.88 Å². The van der Waals surface area contributed by atoms with E-state index in [1.54, 1.807) is 12.1 Å². The van der Waals surface area contributed by atoms with Crippen LogP contribution >= 0.6 is 23.2 Å². The number of anilines is 2. The van der Waals surface area contributed by atoms with E-state index < -0.39 is 0 Å². The van der Waals surface area contributed by atoms with Gasteiger partial charge in [0.1, 0.15) is 0 Å². The van der Waals surface area contributed by atoms with Crippen molar-refractivity contribution in [3.63, 3.8) is 0 Å². The molecule has 96 valence electrons. The highest BCUT2D eigenvalue weighted by atomic mass is 35.5. The fraction of sp³-hybridized carbons (Fsp3) is 0.133. The Morgan fingerprint density at radius 3 is 2.42 bits per heavy atom. The SMILES string of the molecule is CN(c1ccc(C#N)cc1)c1cc(Cl)ccc1CCl. The van der Waals surface area contributed by atoms with E-state index in [0.29, 0.717) is 16.5 Å². The number of benzene rings is 2. The average molecular weight is 291 g/mol. The molecule has 0 atom stereocenters. The highest BCUT2D eigenvalue weighted by Gasteiger charge is 2.09. The Labute approximate surface area is 122 Å². The molecule has 4 heteroatoms. The number of rotatable bonds is 3. The Balaban J connectivity index is 2.40. The summed E-state index contributed by atoms with van der Waals surface area (Å²) in [4.78, 5) is 2.00. The highest BCUT2D eigenvalue weighted by Crippen LogP contribution is 2.30. The fourth-order valence-electron chi connectivity index (χ4n) is 1.86. The molecule has 0 N–H and O–H groups in total. The lowest BCUT2D eigenvalue weighted by atomic mass is 10.1. The highest BCUT2D eigenvalue weighted by molar-refractivity contribution is 6.31. The Bertz CT molecular complexity index is 615. The van der Waals surface area contributed by atoms with E-state index >= 15 is 0 Å². The van der Waals surface area contributed by atoms with Gasteiger partial charge in [-0.2, -0.15) is 5.26 Å². The van der Waals surface area contributed by atoms with E-state index in [-0.39, 0.29) is 0 Å². The van der Waals surface area contributed by atoms with Crippen LogP contribution in [-0.2, 0) is 5.88 Å². The molecule has 0 radical (unpaired) electrons. The fourth-order valence-corrected chi connectivity index (χ4v) is 2.25. The van der Waals surface area contributed by atoms with Crippen LogP contribution in [0, 0.1) is 11.3 Å². The minimum absolute atomic E-state index is 0.424. The zero-order valence-electron chi connectivity index (χ0n) is 10.4. The van der Waals surface area contributed by atoms with Crippen LogP contribution in [0.15, 0.2) is 42.5 Å². The summed E-state index contributed by atoms with van der Waals surface area (Å²) in [6.07, 6.45) is 0. The summed E-state index contributed by atoms with van der Waals surface area (Å²) >= 11 is 12.0. The van der Waals surface area contributed by atoms with Crippen LogP contribution < -0.4 is 4.90 Å². The standard InChI is InChI=1S/C15H12Cl2N2/c1-19(14-6-2-11(10-18)3-7-14)15-8-13(17)5-4-12(15)9-16/h2-8H,9H2,1H3. The van der Waals surface area contributed by atoms with Gasteiger partial charge in [-0.25, -0.2) is 0 Å². The van der Waals surface area contributed by atoms with Crippen LogP contribution in [0.2, 0.25) is 5.02 Å². The van der Waals surface area contributed by atoms with Gasteiger partial charge in [0, 0.05) is 29.3 Å². The molecule has 0 fully saturated rings. The lowest BCUT2D eigenvalue weighted by molar-refractivity contribution is 1.17. The summed E-state index contributed by atoms with van der Waals surface area (Å²) in [5, 5.41) is 9.47. The third-order valence-corrected chi connectivity index (χ3v) is 3.46. The maximum Gasteiger partial charge on any atom is 0.0991 e. The zero-order chi connectivity index (χ0) is 13.8. The number of hydrogen-bond acceptors (Lipinski definition) is 2. The second kappa shape index (κ2) is 5.97. The predicted molar refractivity (Wildman–Crippen MR) is 80.2 cm³/mol. The van der Waals surface area contributed by atoms with Crippen LogP contribution in [-0.4, -0.2) is 7.05 Å². The molecule has 2 rings (SSSR count). The van der Waals surface area contributed by atoms with E-state index in [4.69, 9.17) is 28.5 Å². The van der Waals surface area contributed by atoms with Gasteiger partial charge in [-0.05, 0) is 42.0 Å². The molecular weight excluding hydrogens is 279 g/mol. The maximum atomic E-state index is 8.80. The van der Waals surface area contributed by atoms with Crippen molar-refractivity contribution in [2.24, 2.45) is 0 Å². The number of halogens is 2. The number of nitrogens with zero attached hydrogens (tertiary/aromatic N) is 2. The molecule has 2 aromatic rings. The third-order valence-electron chi connectivity index (χ3n) is 2.94. The molecule has 0 aliphatic rings. The molecule has 0 bridgehead atoms. The monoisotopic (exact) mass is 290 g/mol. The molecule has 0 aromatic heterocycles. The van der Waals surface area contributed by atoms with E-state index in [1.165, 1.54) is 0 Å². The molecule has 0 amide bonds. The largest absolute Gasteiger partial charge is 0.344 e. The van der Waals surface area contributed by atoms with Gasteiger partial charge in [0.25, 0.3) is 0 Å². The van der Waals surface area contributed by atoms with Gasteiger partial charge in [-0.3, -0.25) is 0 Å². The van der Waals surface area contributed by atoms with Gasteiger partial charge in [-0.15, -0.1) is 11.6 Å². The second-order valence-corrected chi connectivity index (χ2v) is 4.83. The molecule has 0 spiro atoms. The molecule has 19 heavy (non-hydrogen) atoms. The molecule has 0 unspecified atom stereocenters. The van der Waals surface area contributed by atoms with Crippen molar-refractivity contribution >= 4 is 34.6 Å². The van der Waals surface area contributed by atoms with Gasteiger partial charge >= 0.3 is 0 Å². The maximum absolute atomic E-state index is 8.80. The minimum Gasteiger partial charge on any atom is -0.344 e. The van der Waals surface area contributed by atoms with E-state index in [0.717, 1.165) is 16.9 Å². The van der Waals surface area contributed by atoms with E-state index in [1.807, 2.05) is 42.3 Å². The summed E-state index contributed by atoms with van der Waals surface area (Å²) in [5.74, 6) is 0.424. The molecule has 0 aliphatic heterocycles. The van der Waals surface area contributed by atoms with Crippen molar-refractivity contribution in [2.75, 3.05) is 11.9 Å². The Morgan fingerprint density at radius 1 is 1.16 bits per heavy atom. The van der Waals surface area contributed by atoms with Gasteiger partial charge < -0.3 is 4.90 Å². The molecule has 2 aromatic carbocycles. The van der Waals surface area contributed by atoms with Crippen molar-refractivity contribution in [3.05, 3.63) is 58.6 Å². The summed E-state index contributed by atoms with van der Waals surface area (Å²) < 4.78 is 0. The van der Waals surface area contributed by atoms with Crippen LogP contribution in [0.25, 0.3) is 0 Å². The average Bonchev–Trinajstić information content (AvgIpc) is 2.46. The normalized spacial score (nSPS) is 10.0. The predicted octanol–water partition coefficient (Wildman–Crippen LogP) is 4.72. The smallest absolute Gasteiger partial charge is 0.0991 e. The molecule has 0 saturated carbocycles. The lowest BCUT2D eigenvalue weighted by Crippen LogP contribution is -2.11. The van der Waals surface area contributed by atoms with E-state index in [9.17, 15) is 0 Å². The van der Waals surface area contributed by atoms with Crippen LogP contribution in [0.5, 0.6) is 0 Å². The molecule has 0 aliphatic carbocycles. The Kier molecular flexibility index (Phi) is 4.31. The second-order valence-electron chi connectivity index (χ2n) is 4.12. The van der Waals surface area contributed by atoms with Gasteiger partial charge in [-0.1, -0.05) is 17.7 Å². The van der Waals surface area contributed by atoms with Crippen molar-refractivity contribution < 1.29 is 0 Å². The first kappa shape index (κ1) is 13.7. The van der Waals surface area contributed by atoms with Crippen LogP contribution in [0.4, 0.5) is 11.4 Å². The van der Waals surface area contributed by atoms with Crippen molar-refractivity contribution in [1.29, 1.82) is 5.26 Å². The first-order valence-electron chi connectivity index (χ1n) is 5.74. The third kappa shape index (κ3) is 3.01. The van der Waals surface area contributed by atoms with Crippen LogP contribution in [0.3, 0.4) is 0 Å². The van der Waals surface area contributed by atoms with Gasteiger partial charge in [0.2, 0.25) is 0 Å². The summed E-state index contributed by atoms with van der Waals surface area (Å²) in [6.45, 7) is 0. The Morgan fingerprint density at radius 2 is 1.84 bits per heavy atom. The minimum atomic E-state index is 0.424. The first-order valence-corrected chi connectivity index (χ1v) is 6.65. The summed E-state index contributed by atoms with van der Waals surface area (Å²) in [5.41, 5.74) is 3.60. The van der Waals surface area contributed by atoms with Gasteiger partial charge in [0.15, 0.2) is 0 Å². The number of hydrogen-bond donors (Lipinski definition) is 0. The van der Waals surface area contributed by atoms with Gasteiger partial charge in [0.05, 0.1) is 11.6 Å². The quantitative estimate of drug-likeness (QED) is 0.765. The zero-order valence-corrected chi connectivity index (χ0v) is 11.9. The van der Waals surface area contributed by atoms with Crippen molar-refractivity contribution in [3.8, 4) is 6.07 Å². The number of nitriles is 1. The molecule has 0 heterocycles. The summed E-state index contributed by atoms with van der Waals surface area (Å²) in [6, 6.07) is 15.1. The van der Waals surface area contributed by atoms with Crippen LogP contribution in [0.1, 0.15) is 11.1 Å². The Hall–Kier alpha value is -1.69.